The normalized spacial score (nSPS) is 10.6. The number of nitrogens with zero attached hydrogens (tertiary/aromatic N) is 2. The quantitative estimate of drug-likeness (QED) is 0.464. The first-order valence-electron chi connectivity index (χ1n) is 5.94. The van der Waals surface area contributed by atoms with Crippen LogP contribution in [-0.2, 0) is 0 Å². The summed E-state index contributed by atoms with van der Waals surface area (Å²) in [6.45, 7) is 0.545. The molecule has 0 radical (unpaired) electrons. The molecule has 5 nitrogen and oxygen atoms in total. The molecule has 1 aromatic carbocycles. The van der Waals surface area contributed by atoms with Crippen molar-refractivity contribution >= 4 is 22.5 Å². The Morgan fingerprint density at radius 1 is 1.21 bits per heavy atom. The molecule has 0 unspecified atom stereocenters. The Morgan fingerprint density at radius 2 is 2.00 bits per heavy atom. The monoisotopic (exact) mass is 280 g/mol. The van der Waals surface area contributed by atoms with E-state index in [0.717, 1.165) is 22.9 Å². The van der Waals surface area contributed by atoms with E-state index in [2.05, 4.69) is 5.29 Å². The van der Waals surface area contributed by atoms with E-state index in [4.69, 9.17) is 16.3 Å². The SMILES string of the molecule is O=Nn1c(=O)ccc2ccc(OCCCCCl)cc21. The van der Waals surface area contributed by atoms with Gasteiger partial charge < -0.3 is 4.74 Å². The molecule has 1 heterocycles. The molecule has 100 valence electrons. The van der Waals surface area contributed by atoms with E-state index in [9.17, 15) is 9.70 Å². The van der Waals surface area contributed by atoms with Crippen molar-refractivity contribution in [2.45, 2.75) is 12.8 Å². The summed E-state index contributed by atoms with van der Waals surface area (Å²) >= 11 is 5.58. The van der Waals surface area contributed by atoms with Gasteiger partial charge >= 0.3 is 0 Å². The van der Waals surface area contributed by atoms with Gasteiger partial charge in [0.05, 0.1) is 17.4 Å². The molecule has 0 saturated carbocycles. The van der Waals surface area contributed by atoms with Crippen LogP contribution < -0.4 is 10.3 Å². The first-order valence-corrected chi connectivity index (χ1v) is 6.48. The van der Waals surface area contributed by atoms with Gasteiger partial charge in [-0.05, 0) is 31.0 Å². The average molecular weight is 281 g/mol. The zero-order valence-corrected chi connectivity index (χ0v) is 11.0. The van der Waals surface area contributed by atoms with Crippen molar-refractivity contribution in [2.75, 3.05) is 12.5 Å². The number of hydrogen-bond donors (Lipinski definition) is 0. The van der Waals surface area contributed by atoms with Crippen LogP contribution in [0.3, 0.4) is 0 Å². The van der Waals surface area contributed by atoms with Gasteiger partial charge in [-0.2, -0.15) is 4.68 Å². The molecule has 0 fully saturated rings. The summed E-state index contributed by atoms with van der Waals surface area (Å²) in [5, 5.41) is 3.49. The summed E-state index contributed by atoms with van der Waals surface area (Å²) in [6, 6.07) is 8.18. The maximum absolute atomic E-state index is 11.5. The molecular formula is C13H13ClN2O3. The predicted molar refractivity (Wildman–Crippen MR) is 74.9 cm³/mol. The number of unbranched alkanes of at least 4 members (excludes halogenated alkanes) is 1. The van der Waals surface area contributed by atoms with Gasteiger partial charge in [-0.15, -0.1) is 16.5 Å². The van der Waals surface area contributed by atoms with Gasteiger partial charge in [-0.3, -0.25) is 4.79 Å². The lowest BCUT2D eigenvalue weighted by atomic mass is 10.2. The van der Waals surface area contributed by atoms with E-state index in [1.807, 2.05) is 0 Å². The lowest BCUT2D eigenvalue weighted by Gasteiger charge is -2.07. The van der Waals surface area contributed by atoms with Gasteiger partial charge in [0.1, 0.15) is 5.75 Å². The Balaban J connectivity index is 2.28. The third-order valence-electron chi connectivity index (χ3n) is 2.72. The van der Waals surface area contributed by atoms with Crippen molar-refractivity contribution in [3.63, 3.8) is 0 Å². The maximum atomic E-state index is 11.5. The molecule has 0 bridgehead atoms. The summed E-state index contributed by atoms with van der Waals surface area (Å²) in [5.41, 5.74) is -0.0147. The first-order chi connectivity index (χ1) is 9.26. The van der Waals surface area contributed by atoms with Crippen molar-refractivity contribution in [1.82, 2.24) is 4.68 Å². The summed E-state index contributed by atoms with van der Waals surface area (Å²) in [5.74, 6) is 1.21. The fourth-order valence-corrected chi connectivity index (χ4v) is 1.95. The van der Waals surface area contributed by atoms with Crippen molar-refractivity contribution in [2.24, 2.45) is 5.29 Å². The fraction of sp³-hybridized carbons (Fsp3) is 0.308. The third kappa shape index (κ3) is 3.12. The molecule has 0 aliphatic heterocycles. The molecular weight excluding hydrogens is 268 g/mol. The van der Waals surface area contributed by atoms with E-state index < -0.39 is 5.56 Å². The van der Waals surface area contributed by atoms with Crippen LogP contribution in [-0.4, -0.2) is 17.2 Å². The van der Waals surface area contributed by atoms with Gasteiger partial charge in [0.2, 0.25) is 0 Å². The number of benzene rings is 1. The second kappa shape index (κ2) is 6.33. The standard InChI is InChI=1S/C13H13ClN2O3/c14-7-1-2-8-19-11-5-3-10-4-6-13(17)16(15-18)12(10)9-11/h3-6,9H,1-2,7-8H2. The van der Waals surface area contributed by atoms with Gasteiger partial charge in [0.15, 0.2) is 0 Å². The molecule has 0 aliphatic rings. The Labute approximate surface area is 114 Å². The largest absolute Gasteiger partial charge is 0.494 e. The molecule has 0 atom stereocenters. The Kier molecular flexibility index (Phi) is 4.52. The number of aromatic nitrogens is 1. The molecule has 0 aliphatic carbocycles. The smallest absolute Gasteiger partial charge is 0.274 e. The van der Waals surface area contributed by atoms with E-state index in [1.165, 1.54) is 6.07 Å². The number of nitroso groups, excluding NO2 is 1. The van der Waals surface area contributed by atoms with E-state index in [0.29, 0.717) is 23.8 Å². The van der Waals surface area contributed by atoms with Gasteiger partial charge in [-0.25, -0.2) is 0 Å². The molecule has 1 aromatic heterocycles. The molecule has 2 aromatic rings. The van der Waals surface area contributed by atoms with E-state index in [1.54, 1.807) is 24.3 Å². The zero-order valence-electron chi connectivity index (χ0n) is 10.2. The van der Waals surface area contributed by atoms with E-state index >= 15 is 0 Å². The van der Waals surface area contributed by atoms with Crippen LogP contribution in [0.4, 0.5) is 0 Å². The third-order valence-corrected chi connectivity index (χ3v) is 2.99. The van der Waals surface area contributed by atoms with Crippen molar-refractivity contribution in [1.29, 1.82) is 0 Å². The van der Waals surface area contributed by atoms with Crippen molar-refractivity contribution in [3.8, 4) is 5.75 Å². The fourth-order valence-electron chi connectivity index (χ4n) is 1.76. The number of halogens is 1. The average Bonchev–Trinajstić information content (AvgIpc) is 2.43. The highest BCUT2D eigenvalue weighted by atomic mass is 35.5. The van der Waals surface area contributed by atoms with Crippen molar-refractivity contribution in [3.05, 3.63) is 45.6 Å². The number of rotatable bonds is 6. The molecule has 19 heavy (non-hydrogen) atoms. The minimum Gasteiger partial charge on any atom is -0.494 e. The van der Waals surface area contributed by atoms with E-state index in [-0.39, 0.29) is 0 Å². The van der Waals surface area contributed by atoms with Crippen LogP contribution in [0.5, 0.6) is 5.75 Å². The summed E-state index contributed by atoms with van der Waals surface area (Å²) < 4.78 is 6.36. The van der Waals surface area contributed by atoms with Gasteiger partial charge in [0, 0.05) is 23.4 Å². The zero-order chi connectivity index (χ0) is 13.7. The lowest BCUT2D eigenvalue weighted by Crippen LogP contribution is -2.14. The Morgan fingerprint density at radius 3 is 2.74 bits per heavy atom. The second-order valence-corrected chi connectivity index (χ2v) is 4.41. The van der Waals surface area contributed by atoms with Crippen LogP contribution in [0.15, 0.2) is 40.4 Å². The van der Waals surface area contributed by atoms with Gasteiger partial charge in [0.25, 0.3) is 5.56 Å². The second-order valence-electron chi connectivity index (χ2n) is 4.03. The highest BCUT2D eigenvalue weighted by molar-refractivity contribution is 6.17. The maximum Gasteiger partial charge on any atom is 0.274 e. The minimum atomic E-state index is -0.457. The molecule has 0 N–H and O–H groups in total. The predicted octanol–water partition coefficient (Wildman–Crippen LogP) is 2.93. The minimum absolute atomic E-state index is 0.442. The molecule has 0 spiro atoms. The highest BCUT2D eigenvalue weighted by Gasteiger charge is 2.05. The van der Waals surface area contributed by atoms with Crippen molar-refractivity contribution < 1.29 is 4.74 Å². The Hall–Kier alpha value is -1.88. The number of alkyl halides is 1. The number of ether oxygens (including phenoxy) is 1. The highest BCUT2D eigenvalue weighted by Crippen LogP contribution is 2.20. The summed E-state index contributed by atoms with van der Waals surface area (Å²) in [7, 11) is 0. The van der Waals surface area contributed by atoms with Crippen LogP contribution in [0, 0.1) is 4.91 Å². The molecule has 2 rings (SSSR count). The van der Waals surface area contributed by atoms with Crippen LogP contribution in [0.25, 0.3) is 10.9 Å². The first kappa shape index (κ1) is 13.5. The Bertz CT molecular complexity index is 639. The number of hydrogen-bond acceptors (Lipinski definition) is 4. The molecule has 0 saturated heterocycles. The van der Waals surface area contributed by atoms with Crippen LogP contribution in [0.1, 0.15) is 12.8 Å². The van der Waals surface area contributed by atoms with Gasteiger partial charge in [-0.1, -0.05) is 0 Å². The number of pyridine rings is 1. The summed E-state index contributed by atoms with van der Waals surface area (Å²) in [6.07, 6.45) is 1.74. The number of fused-ring (bicyclic) bond motifs is 1. The topological polar surface area (TPSA) is 60.7 Å². The molecule has 0 amide bonds. The lowest BCUT2D eigenvalue weighted by molar-refractivity contribution is 0.310. The molecule has 6 heteroatoms. The summed E-state index contributed by atoms with van der Waals surface area (Å²) in [4.78, 5) is 22.2. The van der Waals surface area contributed by atoms with Crippen LogP contribution in [0.2, 0.25) is 0 Å². The van der Waals surface area contributed by atoms with Crippen LogP contribution >= 0.6 is 11.6 Å².